The molecule has 0 aliphatic carbocycles. The first-order chi connectivity index (χ1) is 12.0. The molecule has 0 unspecified atom stereocenters. The summed E-state index contributed by atoms with van der Waals surface area (Å²) in [5.41, 5.74) is 0.789. The fourth-order valence-corrected chi connectivity index (χ4v) is 4.60. The molecule has 0 aliphatic heterocycles. The topological polar surface area (TPSA) is 91.9 Å². The van der Waals surface area contributed by atoms with Crippen molar-refractivity contribution in [3.8, 4) is 17.5 Å². The summed E-state index contributed by atoms with van der Waals surface area (Å²) in [5.74, 6) is 0.967. The molecule has 1 heterocycles. The highest BCUT2D eigenvalue weighted by molar-refractivity contribution is 7.99. The molecular formula is C16H21N5O2S2. The summed E-state index contributed by atoms with van der Waals surface area (Å²) in [6.07, 6.45) is 0. The SMILES string of the molecule is CCN(CC)S(=O)(=O)c1ccc(-c2nnc(SCC#N)n2CC)cc1. The summed E-state index contributed by atoms with van der Waals surface area (Å²) in [6, 6.07) is 8.75. The highest BCUT2D eigenvalue weighted by atomic mass is 32.2. The van der Waals surface area contributed by atoms with Gasteiger partial charge in [-0.1, -0.05) is 25.6 Å². The number of hydrogen-bond donors (Lipinski definition) is 0. The molecule has 7 nitrogen and oxygen atoms in total. The van der Waals surface area contributed by atoms with Gasteiger partial charge in [0.2, 0.25) is 10.0 Å². The van der Waals surface area contributed by atoms with E-state index < -0.39 is 10.0 Å². The van der Waals surface area contributed by atoms with E-state index in [4.69, 9.17) is 5.26 Å². The smallest absolute Gasteiger partial charge is 0.243 e. The summed E-state index contributed by atoms with van der Waals surface area (Å²) in [5, 5.41) is 17.7. The third-order valence-electron chi connectivity index (χ3n) is 3.75. The number of thioether (sulfide) groups is 1. The molecule has 0 atom stereocenters. The predicted octanol–water partition coefficient (Wildman–Crippen LogP) is 2.61. The van der Waals surface area contributed by atoms with E-state index in [1.165, 1.54) is 16.1 Å². The van der Waals surface area contributed by atoms with Crippen LogP contribution in [0.15, 0.2) is 34.3 Å². The fourth-order valence-electron chi connectivity index (χ4n) is 2.48. The minimum atomic E-state index is -3.47. The molecule has 25 heavy (non-hydrogen) atoms. The van der Waals surface area contributed by atoms with Crippen LogP contribution in [0.3, 0.4) is 0 Å². The van der Waals surface area contributed by atoms with Gasteiger partial charge < -0.3 is 4.57 Å². The van der Waals surface area contributed by atoms with E-state index in [-0.39, 0.29) is 4.90 Å². The first kappa shape index (κ1) is 19.4. The second kappa shape index (κ2) is 8.47. The lowest BCUT2D eigenvalue weighted by Crippen LogP contribution is -2.30. The van der Waals surface area contributed by atoms with Gasteiger partial charge in [0.25, 0.3) is 0 Å². The minimum absolute atomic E-state index is 0.265. The van der Waals surface area contributed by atoms with Crippen molar-refractivity contribution in [1.29, 1.82) is 5.26 Å². The Bertz CT molecular complexity index is 850. The molecule has 0 N–H and O–H groups in total. The van der Waals surface area contributed by atoms with E-state index in [0.29, 0.717) is 36.4 Å². The number of sulfonamides is 1. The highest BCUT2D eigenvalue weighted by Gasteiger charge is 2.22. The number of nitrogens with zero attached hydrogens (tertiary/aromatic N) is 5. The molecule has 1 aromatic carbocycles. The van der Waals surface area contributed by atoms with Gasteiger partial charge in [-0.25, -0.2) is 8.42 Å². The van der Waals surface area contributed by atoms with Crippen molar-refractivity contribution < 1.29 is 8.42 Å². The van der Waals surface area contributed by atoms with Gasteiger partial charge in [-0.05, 0) is 31.2 Å². The van der Waals surface area contributed by atoms with Gasteiger partial charge in [-0.15, -0.1) is 10.2 Å². The Hall–Kier alpha value is -1.89. The molecule has 0 radical (unpaired) electrons. The molecule has 0 amide bonds. The third kappa shape index (κ3) is 4.03. The van der Waals surface area contributed by atoms with Crippen molar-refractivity contribution in [2.75, 3.05) is 18.8 Å². The summed E-state index contributed by atoms with van der Waals surface area (Å²) in [7, 11) is -3.47. The average Bonchev–Trinajstić information content (AvgIpc) is 3.03. The van der Waals surface area contributed by atoms with Gasteiger partial charge in [-0.2, -0.15) is 9.57 Å². The first-order valence-corrected chi connectivity index (χ1v) is 10.5. The summed E-state index contributed by atoms with van der Waals surface area (Å²) >= 11 is 1.33. The zero-order chi connectivity index (χ0) is 18.4. The number of nitriles is 1. The van der Waals surface area contributed by atoms with Crippen molar-refractivity contribution in [1.82, 2.24) is 19.1 Å². The van der Waals surface area contributed by atoms with Crippen LogP contribution in [-0.4, -0.2) is 46.3 Å². The van der Waals surface area contributed by atoms with Crippen LogP contribution in [0, 0.1) is 11.3 Å². The van der Waals surface area contributed by atoms with Crippen LogP contribution in [0.25, 0.3) is 11.4 Å². The third-order valence-corrected chi connectivity index (χ3v) is 6.65. The van der Waals surface area contributed by atoms with Crippen LogP contribution < -0.4 is 0 Å². The van der Waals surface area contributed by atoms with Gasteiger partial charge in [0.05, 0.1) is 16.7 Å². The Kier molecular flexibility index (Phi) is 6.58. The Balaban J connectivity index is 2.35. The molecule has 9 heteroatoms. The number of aromatic nitrogens is 3. The van der Waals surface area contributed by atoms with Gasteiger partial charge in [0, 0.05) is 25.2 Å². The number of rotatable bonds is 8. The predicted molar refractivity (Wildman–Crippen MR) is 97.6 cm³/mol. The number of hydrogen-bond acceptors (Lipinski definition) is 6. The molecule has 0 bridgehead atoms. The van der Waals surface area contributed by atoms with Crippen LogP contribution in [0.5, 0.6) is 0 Å². The Morgan fingerprint density at radius 3 is 2.32 bits per heavy atom. The second-order valence-corrected chi connectivity index (χ2v) is 7.99. The van der Waals surface area contributed by atoms with Crippen LogP contribution in [0.1, 0.15) is 20.8 Å². The average molecular weight is 380 g/mol. The van der Waals surface area contributed by atoms with E-state index in [9.17, 15) is 8.42 Å². The Labute approximate surface area is 152 Å². The zero-order valence-corrected chi connectivity index (χ0v) is 16.1. The monoisotopic (exact) mass is 379 g/mol. The van der Waals surface area contributed by atoms with Crippen molar-refractivity contribution in [2.24, 2.45) is 0 Å². The van der Waals surface area contributed by atoms with E-state index in [2.05, 4.69) is 16.3 Å². The summed E-state index contributed by atoms with van der Waals surface area (Å²) in [4.78, 5) is 0.265. The van der Waals surface area contributed by atoms with Crippen molar-refractivity contribution >= 4 is 21.8 Å². The quantitative estimate of drug-likeness (QED) is 0.655. The molecule has 2 aromatic rings. The van der Waals surface area contributed by atoms with Crippen LogP contribution in [0.2, 0.25) is 0 Å². The van der Waals surface area contributed by atoms with Crippen LogP contribution in [-0.2, 0) is 16.6 Å². The summed E-state index contributed by atoms with van der Waals surface area (Å²) in [6.45, 7) is 7.14. The van der Waals surface area contributed by atoms with Gasteiger partial charge in [0.15, 0.2) is 11.0 Å². The van der Waals surface area contributed by atoms with Crippen molar-refractivity contribution in [3.63, 3.8) is 0 Å². The molecule has 134 valence electrons. The molecule has 0 spiro atoms. The maximum absolute atomic E-state index is 12.5. The maximum atomic E-state index is 12.5. The molecule has 1 aromatic heterocycles. The summed E-state index contributed by atoms with van der Waals surface area (Å²) < 4.78 is 28.4. The largest absolute Gasteiger partial charge is 0.302 e. The molecule has 0 aliphatic rings. The molecule has 2 rings (SSSR count). The Morgan fingerprint density at radius 2 is 1.80 bits per heavy atom. The van der Waals surface area contributed by atoms with Crippen LogP contribution in [0.4, 0.5) is 0 Å². The normalized spacial score (nSPS) is 11.6. The lowest BCUT2D eigenvalue weighted by molar-refractivity contribution is 0.445. The van der Waals surface area contributed by atoms with Crippen molar-refractivity contribution in [2.45, 2.75) is 37.4 Å². The lowest BCUT2D eigenvalue weighted by Gasteiger charge is -2.18. The maximum Gasteiger partial charge on any atom is 0.243 e. The van der Waals surface area contributed by atoms with Gasteiger partial charge in [0.1, 0.15) is 0 Å². The van der Waals surface area contributed by atoms with E-state index >= 15 is 0 Å². The van der Waals surface area contributed by atoms with Crippen molar-refractivity contribution in [3.05, 3.63) is 24.3 Å². The Morgan fingerprint density at radius 1 is 1.16 bits per heavy atom. The molecule has 0 saturated carbocycles. The van der Waals surface area contributed by atoms with Gasteiger partial charge >= 0.3 is 0 Å². The van der Waals surface area contributed by atoms with E-state index in [1.54, 1.807) is 24.3 Å². The standard InChI is InChI=1S/C16H21N5O2S2/c1-4-20(5-2)25(22,23)14-9-7-13(8-10-14)15-18-19-16(21(15)6-3)24-12-11-17/h7-10H,4-6,12H2,1-3H3. The lowest BCUT2D eigenvalue weighted by atomic mass is 10.2. The molecule has 0 saturated heterocycles. The number of benzene rings is 1. The second-order valence-electron chi connectivity index (χ2n) is 5.11. The highest BCUT2D eigenvalue weighted by Crippen LogP contribution is 2.25. The molecule has 0 fully saturated rings. The molecular weight excluding hydrogens is 358 g/mol. The van der Waals surface area contributed by atoms with Crippen LogP contribution >= 0.6 is 11.8 Å². The van der Waals surface area contributed by atoms with E-state index in [0.717, 1.165) is 5.56 Å². The first-order valence-electron chi connectivity index (χ1n) is 8.03. The van der Waals surface area contributed by atoms with Gasteiger partial charge in [-0.3, -0.25) is 0 Å². The minimum Gasteiger partial charge on any atom is -0.302 e. The fraction of sp³-hybridized carbons (Fsp3) is 0.438. The zero-order valence-electron chi connectivity index (χ0n) is 14.5. The van der Waals surface area contributed by atoms with E-state index in [1.807, 2.05) is 25.3 Å².